The number of carbonyl (C=O) groups excluding carboxylic acids is 1. The van der Waals surface area contributed by atoms with Crippen molar-refractivity contribution in [3.05, 3.63) is 5.92 Å². The quantitative estimate of drug-likeness (QED) is 0.507. The number of nitrogens with zero attached hydrogens (tertiary/aromatic N) is 1. The smallest absolute Gasteiger partial charge is 0.229 e. The summed E-state index contributed by atoms with van der Waals surface area (Å²) in [5.41, 5.74) is 5.28. The third-order valence-electron chi connectivity index (χ3n) is 1.54. The van der Waals surface area contributed by atoms with Crippen molar-refractivity contribution in [2.24, 2.45) is 5.73 Å². The third kappa shape index (κ3) is 4.50. The van der Waals surface area contributed by atoms with Crippen LogP contribution in [0, 0.1) is 11.3 Å². The van der Waals surface area contributed by atoms with E-state index in [1.165, 1.54) is 4.90 Å². The monoisotopic (exact) mass is 184 g/mol. The molecule has 0 aliphatic rings. The highest BCUT2D eigenvalue weighted by molar-refractivity contribution is 5.95. The van der Waals surface area contributed by atoms with Crippen molar-refractivity contribution in [1.29, 1.82) is 5.41 Å². The molecule has 0 aromatic heterocycles. The van der Waals surface area contributed by atoms with Crippen molar-refractivity contribution in [3.8, 4) is 0 Å². The number of amides is 1. The molecule has 4 nitrogen and oxygen atoms in total. The first-order valence-corrected chi connectivity index (χ1v) is 4.42. The number of nitrogens with one attached hydrogen (secondary N) is 1. The van der Waals surface area contributed by atoms with Gasteiger partial charge in [-0.3, -0.25) is 15.1 Å². The summed E-state index contributed by atoms with van der Waals surface area (Å²) in [7, 11) is 0. The molecular formula is C9H18N3O. The molecule has 0 aliphatic carbocycles. The Labute approximate surface area is 79.6 Å². The fourth-order valence-corrected chi connectivity index (χ4v) is 1.00. The minimum Gasteiger partial charge on any atom is -0.370 e. The van der Waals surface area contributed by atoms with Gasteiger partial charge >= 0.3 is 0 Å². The molecule has 0 aromatic carbocycles. The number of guanidine groups is 1. The predicted molar refractivity (Wildman–Crippen MR) is 53.1 cm³/mol. The van der Waals surface area contributed by atoms with Gasteiger partial charge in [-0.25, -0.2) is 0 Å². The van der Waals surface area contributed by atoms with Gasteiger partial charge in [0.2, 0.25) is 5.91 Å². The van der Waals surface area contributed by atoms with Crippen LogP contribution in [0.1, 0.15) is 33.6 Å². The van der Waals surface area contributed by atoms with E-state index in [4.69, 9.17) is 11.1 Å². The van der Waals surface area contributed by atoms with E-state index >= 15 is 0 Å². The van der Waals surface area contributed by atoms with Crippen molar-refractivity contribution in [2.45, 2.75) is 33.6 Å². The zero-order valence-corrected chi connectivity index (χ0v) is 8.55. The molecule has 0 fully saturated rings. The fourth-order valence-electron chi connectivity index (χ4n) is 1.00. The van der Waals surface area contributed by atoms with Crippen LogP contribution in [0.2, 0.25) is 0 Å². The van der Waals surface area contributed by atoms with Crippen LogP contribution in [0.3, 0.4) is 0 Å². The summed E-state index contributed by atoms with van der Waals surface area (Å²) < 4.78 is 0. The summed E-state index contributed by atoms with van der Waals surface area (Å²) in [5.74, 6) is 0.787. The molecule has 0 rings (SSSR count). The number of hydrogen-bond donors (Lipinski definition) is 2. The molecule has 0 unspecified atom stereocenters. The van der Waals surface area contributed by atoms with E-state index in [1.54, 1.807) is 0 Å². The second-order valence-corrected chi connectivity index (χ2v) is 3.31. The maximum absolute atomic E-state index is 11.5. The Morgan fingerprint density at radius 1 is 1.46 bits per heavy atom. The van der Waals surface area contributed by atoms with Crippen molar-refractivity contribution in [2.75, 3.05) is 6.54 Å². The first-order chi connectivity index (χ1) is 5.99. The van der Waals surface area contributed by atoms with Crippen LogP contribution in [0.15, 0.2) is 0 Å². The molecule has 0 spiro atoms. The van der Waals surface area contributed by atoms with Crippen molar-refractivity contribution in [1.82, 2.24) is 4.90 Å². The van der Waals surface area contributed by atoms with Crippen LogP contribution in [0.4, 0.5) is 0 Å². The van der Waals surface area contributed by atoms with Gasteiger partial charge in [0.25, 0.3) is 0 Å². The average Bonchev–Trinajstić information content (AvgIpc) is 1.97. The molecule has 4 heteroatoms. The van der Waals surface area contributed by atoms with Crippen molar-refractivity contribution in [3.63, 3.8) is 0 Å². The molecule has 1 radical (unpaired) electrons. The predicted octanol–water partition coefficient (Wildman–Crippen LogP) is 1.12. The fraction of sp³-hybridized carbons (Fsp3) is 0.667. The van der Waals surface area contributed by atoms with Gasteiger partial charge in [0, 0.05) is 13.0 Å². The molecule has 3 N–H and O–H groups in total. The molecule has 1 amide bonds. The van der Waals surface area contributed by atoms with Gasteiger partial charge in [-0.15, -0.1) is 0 Å². The minimum absolute atomic E-state index is 0.0886. The van der Waals surface area contributed by atoms with Gasteiger partial charge in [-0.05, 0) is 12.3 Å². The highest BCUT2D eigenvalue weighted by atomic mass is 16.2. The van der Waals surface area contributed by atoms with Gasteiger partial charge in [-0.2, -0.15) is 0 Å². The van der Waals surface area contributed by atoms with Crippen LogP contribution in [-0.2, 0) is 4.79 Å². The highest BCUT2D eigenvalue weighted by Crippen LogP contribution is 2.06. The lowest BCUT2D eigenvalue weighted by molar-refractivity contribution is -0.127. The summed E-state index contributed by atoms with van der Waals surface area (Å²) in [5, 5.41) is 7.20. The van der Waals surface area contributed by atoms with E-state index in [9.17, 15) is 4.79 Å². The summed E-state index contributed by atoms with van der Waals surface area (Å²) in [6, 6.07) is 0. The molecule has 0 heterocycles. The van der Waals surface area contributed by atoms with Gasteiger partial charge < -0.3 is 5.73 Å². The molecule has 0 aromatic rings. The maximum atomic E-state index is 11.5. The van der Waals surface area contributed by atoms with E-state index in [1.807, 2.05) is 20.8 Å². The maximum Gasteiger partial charge on any atom is 0.229 e. The summed E-state index contributed by atoms with van der Waals surface area (Å²) in [6.45, 7) is 6.26. The van der Waals surface area contributed by atoms with Crippen LogP contribution in [0.5, 0.6) is 0 Å². The number of rotatable bonds is 4. The average molecular weight is 184 g/mol. The Bertz CT molecular complexity index is 189. The van der Waals surface area contributed by atoms with Gasteiger partial charge in [0.05, 0.1) is 0 Å². The van der Waals surface area contributed by atoms with E-state index in [-0.39, 0.29) is 11.9 Å². The molecule has 0 bridgehead atoms. The van der Waals surface area contributed by atoms with Gasteiger partial charge in [0.15, 0.2) is 5.96 Å². The topological polar surface area (TPSA) is 70.2 Å². The number of carbonyl (C=O) groups is 1. The second kappa shape index (κ2) is 5.56. The standard InChI is InChI=1S/C9H18N3O/c1-4-5-12(9(10)11)8(13)6-7(2)3/h4-6H2,1-3H3,(H3,10,11). The SMILES string of the molecule is CCCN(C(=N)N)C(=O)C[C](C)C. The summed E-state index contributed by atoms with van der Waals surface area (Å²) >= 11 is 0. The zero-order valence-electron chi connectivity index (χ0n) is 8.55. The molecule has 75 valence electrons. The first kappa shape index (κ1) is 11.9. The Morgan fingerprint density at radius 3 is 2.31 bits per heavy atom. The first-order valence-electron chi connectivity index (χ1n) is 4.42. The highest BCUT2D eigenvalue weighted by Gasteiger charge is 2.16. The van der Waals surface area contributed by atoms with Crippen molar-refractivity contribution >= 4 is 11.9 Å². The largest absolute Gasteiger partial charge is 0.370 e. The summed E-state index contributed by atoms with van der Waals surface area (Å²) in [6.07, 6.45) is 1.19. The summed E-state index contributed by atoms with van der Waals surface area (Å²) in [4.78, 5) is 12.8. The molecule has 13 heavy (non-hydrogen) atoms. The van der Waals surface area contributed by atoms with Gasteiger partial charge in [-0.1, -0.05) is 20.8 Å². The number of hydrogen-bond acceptors (Lipinski definition) is 2. The molecular weight excluding hydrogens is 166 g/mol. The minimum atomic E-state index is -0.159. The lowest BCUT2D eigenvalue weighted by atomic mass is 10.1. The Kier molecular flexibility index (Phi) is 5.11. The lowest BCUT2D eigenvalue weighted by Gasteiger charge is -2.20. The Balaban J connectivity index is 4.20. The zero-order chi connectivity index (χ0) is 10.4. The van der Waals surface area contributed by atoms with E-state index < -0.39 is 0 Å². The van der Waals surface area contributed by atoms with E-state index in [0.717, 1.165) is 12.3 Å². The third-order valence-corrected chi connectivity index (χ3v) is 1.54. The lowest BCUT2D eigenvalue weighted by Crippen LogP contribution is -2.42. The second-order valence-electron chi connectivity index (χ2n) is 3.31. The molecule has 0 saturated heterocycles. The molecule has 0 aliphatic heterocycles. The van der Waals surface area contributed by atoms with E-state index in [2.05, 4.69) is 0 Å². The van der Waals surface area contributed by atoms with Gasteiger partial charge in [0.1, 0.15) is 0 Å². The normalized spacial score (nSPS) is 10.2. The Hall–Kier alpha value is -1.06. The van der Waals surface area contributed by atoms with Crippen LogP contribution in [0.25, 0.3) is 0 Å². The van der Waals surface area contributed by atoms with Crippen LogP contribution < -0.4 is 5.73 Å². The van der Waals surface area contributed by atoms with Crippen LogP contribution in [-0.4, -0.2) is 23.3 Å². The van der Waals surface area contributed by atoms with Crippen molar-refractivity contribution < 1.29 is 4.79 Å². The van der Waals surface area contributed by atoms with E-state index in [0.29, 0.717) is 13.0 Å². The Morgan fingerprint density at radius 2 is 2.00 bits per heavy atom. The molecule has 0 saturated carbocycles. The van der Waals surface area contributed by atoms with Crippen LogP contribution >= 0.6 is 0 Å². The molecule has 0 atom stereocenters. The number of nitrogens with two attached hydrogens (primary N) is 1.